The number of carbonyl (C=O) groups excluding carboxylic acids is 1. The molecule has 1 N–H and O–H groups in total. The molecule has 0 aliphatic carbocycles. The maximum absolute atomic E-state index is 11.2. The number of nitrogens with one attached hydrogen (secondary N) is 1. The summed E-state index contributed by atoms with van der Waals surface area (Å²) in [6.45, 7) is 1.48. The highest BCUT2D eigenvalue weighted by atomic mass is 16.7. The molecule has 0 aromatic carbocycles. The minimum atomic E-state index is -0.331. The highest BCUT2D eigenvalue weighted by molar-refractivity contribution is 5.79. The molecular formula is C8H15NO4. The summed E-state index contributed by atoms with van der Waals surface area (Å²) < 4.78 is 9.89. The van der Waals surface area contributed by atoms with Gasteiger partial charge >= 0.3 is 0 Å². The van der Waals surface area contributed by atoms with Gasteiger partial charge in [-0.2, -0.15) is 0 Å². The molecule has 0 bridgehead atoms. The number of amides is 1. The molecule has 0 radical (unpaired) electrons. The molecule has 13 heavy (non-hydrogen) atoms. The molecule has 5 nitrogen and oxygen atoms in total. The van der Waals surface area contributed by atoms with Gasteiger partial charge in [0.15, 0.2) is 0 Å². The summed E-state index contributed by atoms with van der Waals surface area (Å²) in [6.07, 6.45) is 1.39. The number of hydrogen-bond acceptors (Lipinski definition) is 4. The van der Waals surface area contributed by atoms with Crippen LogP contribution in [-0.2, 0) is 19.1 Å². The standard InChI is InChI=1S/C8H15NO4/c1-11-5-6-13-9-8(10)7-3-2-4-12-7/h7H,2-6H2,1H3,(H,9,10)/t7-/m1/s1. The summed E-state index contributed by atoms with van der Waals surface area (Å²) in [6, 6.07) is 0. The van der Waals surface area contributed by atoms with Gasteiger partial charge in [0.2, 0.25) is 0 Å². The largest absolute Gasteiger partial charge is 0.382 e. The fourth-order valence-corrected chi connectivity index (χ4v) is 1.10. The van der Waals surface area contributed by atoms with Crippen molar-refractivity contribution in [2.24, 2.45) is 0 Å². The molecule has 1 fully saturated rings. The number of hydroxylamine groups is 1. The Morgan fingerprint density at radius 3 is 3.08 bits per heavy atom. The van der Waals surface area contributed by atoms with Gasteiger partial charge in [0.05, 0.1) is 13.2 Å². The second kappa shape index (κ2) is 5.90. The zero-order valence-electron chi connectivity index (χ0n) is 7.75. The molecule has 0 aromatic heterocycles. The van der Waals surface area contributed by atoms with E-state index in [0.717, 1.165) is 12.8 Å². The third-order valence-electron chi connectivity index (χ3n) is 1.78. The molecule has 1 atom stereocenters. The third kappa shape index (κ3) is 3.71. The zero-order valence-corrected chi connectivity index (χ0v) is 7.75. The molecule has 76 valence electrons. The first-order valence-corrected chi connectivity index (χ1v) is 4.37. The van der Waals surface area contributed by atoms with E-state index in [2.05, 4.69) is 5.48 Å². The molecule has 5 heteroatoms. The van der Waals surface area contributed by atoms with Crippen molar-refractivity contribution in [3.8, 4) is 0 Å². The molecule has 0 aromatic rings. The van der Waals surface area contributed by atoms with Gasteiger partial charge in [-0.15, -0.1) is 0 Å². The van der Waals surface area contributed by atoms with Gasteiger partial charge in [-0.3, -0.25) is 9.63 Å². The van der Waals surface area contributed by atoms with Gasteiger partial charge in [0, 0.05) is 13.7 Å². The monoisotopic (exact) mass is 189 g/mol. The highest BCUT2D eigenvalue weighted by Gasteiger charge is 2.23. The topological polar surface area (TPSA) is 56.8 Å². The highest BCUT2D eigenvalue weighted by Crippen LogP contribution is 2.11. The van der Waals surface area contributed by atoms with Crippen LogP contribution in [0.4, 0.5) is 0 Å². The Morgan fingerprint density at radius 1 is 1.62 bits per heavy atom. The molecule has 0 unspecified atom stereocenters. The maximum atomic E-state index is 11.2. The van der Waals surface area contributed by atoms with Crippen LogP contribution in [0.1, 0.15) is 12.8 Å². The summed E-state index contributed by atoms with van der Waals surface area (Å²) >= 11 is 0. The van der Waals surface area contributed by atoms with E-state index in [1.807, 2.05) is 0 Å². The SMILES string of the molecule is COCCONC(=O)[C@H]1CCCO1. The number of methoxy groups -OCH3 is 1. The summed E-state index contributed by atoms with van der Waals surface area (Å²) in [4.78, 5) is 16.1. The number of ether oxygens (including phenoxy) is 2. The molecule has 0 saturated carbocycles. The lowest BCUT2D eigenvalue weighted by molar-refractivity contribution is -0.143. The molecule has 1 aliphatic heterocycles. The average molecular weight is 189 g/mol. The average Bonchev–Trinajstić information content (AvgIpc) is 2.65. The van der Waals surface area contributed by atoms with Gasteiger partial charge in [-0.05, 0) is 12.8 Å². The lowest BCUT2D eigenvalue weighted by Gasteiger charge is -2.09. The quantitative estimate of drug-likeness (QED) is 0.483. The van der Waals surface area contributed by atoms with Crippen LogP contribution in [0.15, 0.2) is 0 Å². The van der Waals surface area contributed by atoms with Crippen LogP contribution in [0.5, 0.6) is 0 Å². The summed E-state index contributed by atoms with van der Waals surface area (Å²) in [7, 11) is 1.57. The lowest BCUT2D eigenvalue weighted by Crippen LogP contribution is -2.34. The molecule has 0 spiro atoms. The predicted molar refractivity (Wildman–Crippen MR) is 44.9 cm³/mol. The second-order valence-corrected chi connectivity index (χ2v) is 2.81. The van der Waals surface area contributed by atoms with E-state index >= 15 is 0 Å². The predicted octanol–water partition coefficient (Wildman–Crippen LogP) is -0.140. The van der Waals surface area contributed by atoms with Gasteiger partial charge in [0.25, 0.3) is 5.91 Å². The Bertz CT molecular complexity index is 156. The molecule has 1 rings (SSSR count). The van der Waals surface area contributed by atoms with Crippen molar-refractivity contribution >= 4 is 5.91 Å². The van der Waals surface area contributed by atoms with Crippen LogP contribution in [0.2, 0.25) is 0 Å². The molecular weight excluding hydrogens is 174 g/mol. The zero-order chi connectivity index (χ0) is 9.52. The van der Waals surface area contributed by atoms with E-state index in [9.17, 15) is 4.79 Å². The van der Waals surface area contributed by atoms with Gasteiger partial charge in [0.1, 0.15) is 6.10 Å². The number of hydrogen-bond donors (Lipinski definition) is 1. The normalized spacial score (nSPS) is 21.8. The van der Waals surface area contributed by atoms with Crippen molar-refractivity contribution < 1.29 is 19.1 Å². The van der Waals surface area contributed by atoms with Crippen LogP contribution >= 0.6 is 0 Å². The van der Waals surface area contributed by atoms with Crippen LogP contribution in [0.25, 0.3) is 0 Å². The van der Waals surface area contributed by atoms with Crippen molar-refractivity contribution in [1.82, 2.24) is 5.48 Å². The van der Waals surface area contributed by atoms with Crippen molar-refractivity contribution in [2.45, 2.75) is 18.9 Å². The van der Waals surface area contributed by atoms with Crippen LogP contribution < -0.4 is 5.48 Å². The number of rotatable bonds is 5. The first-order chi connectivity index (χ1) is 6.34. The number of carbonyl (C=O) groups is 1. The van der Waals surface area contributed by atoms with Crippen LogP contribution in [0.3, 0.4) is 0 Å². The summed E-state index contributed by atoms with van der Waals surface area (Å²) in [5.74, 6) is -0.200. The first kappa shape index (κ1) is 10.4. The first-order valence-electron chi connectivity index (χ1n) is 4.37. The maximum Gasteiger partial charge on any atom is 0.272 e. The fraction of sp³-hybridized carbons (Fsp3) is 0.875. The van der Waals surface area contributed by atoms with Crippen molar-refractivity contribution in [3.63, 3.8) is 0 Å². The van der Waals surface area contributed by atoms with E-state index < -0.39 is 0 Å². The van der Waals surface area contributed by atoms with E-state index in [-0.39, 0.29) is 12.0 Å². The Labute approximate surface area is 77.3 Å². The summed E-state index contributed by atoms with van der Waals surface area (Å²) in [5, 5.41) is 0. The Balaban J connectivity index is 2.03. The molecule has 1 aliphatic rings. The third-order valence-corrected chi connectivity index (χ3v) is 1.78. The van der Waals surface area contributed by atoms with Gasteiger partial charge in [-0.25, -0.2) is 5.48 Å². The molecule has 1 saturated heterocycles. The molecule has 1 heterocycles. The lowest BCUT2D eigenvalue weighted by atomic mass is 10.2. The van der Waals surface area contributed by atoms with Crippen molar-refractivity contribution in [3.05, 3.63) is 0 Å². The van der Waals surface area contributed by atoms with Crippen LogP contribution in [-0.4, -0.2) is 38.9 Å². The van der Waals surface area contributed by atoms with Crippen LogP contribution in [0, 0.1) is 0 Å². The minimum absolute atomic E-state index is 0.200. The fourth-order valence-electron chi connectivity index (χ4n) is 1.10. The van der Waals surface area contributed by atoms with Gasteiger partial charge in [-0.1, -0.05) is 0 Å². The van der Waals surface area contributed by atoms with E-state index in [1.54, 1.807) is 7.11 Å². The second-order valence-electron chi connectivity index (χ2n) is 2.81. The van der Waals surface area contributed by atoms with E-state index in [0.29, 0.717) is 19.8 Å². The molecule has 1 amide bonds. The van der Waals surface area contributed by atoms with Crippen molar-refractivity contribution in [2.75, 3.05) is 26.9 Å². The Hall–Kier alpha value is -0.650. The summed E-state index contributed by atoms with van der Waals surface area (Å²) in [5.41, 5.74) is 2.32. The van der Waals surface area contributed by atoms with Crippen molar-refractivity contribution in [1.29, 1.82) is 0 Å². The minimum Gasteiger partial charge on any atom is -0.382 e. The van der Waals surface area contributed by atoms with E-state index in [1.165, 1.54) is 0 Å². The Morgan fingerprint density at radius 2 is 2.46 bits per heavy atom. The Kier molecular flexibility index (Phi) is 4.74. The van der Waals surface area contributed by atoms with E-state index in [4.69, 9.17) is 14.3 Å². The smallest absolute Gasteiger partial charge is 0.272 e. The van der Waals surface area contributed by atoms with Gasteiger partial charge < -0.3 is 9.47 Å².